The molecule has 2 aromatic heterocycles. The van der Waals surface area contributed by atoms with E-state index in [4.69, 9.17) is 5.84 Å². The highest BCUT2D eigenvalue weighted by Gasteiger charge is 2.21. The average molecular weight is 306 g/mol. The topological polar surface area (TPSA) is 79.1 Å². The molecule has 1 atom stereocenters. The fourth-order valence-corrected chi connectivity index (χ4v) is 3.76. The van der Waals surface area contributed by atoms with Crippen LogP contribution in [0.25, 0.3) is 10.2 Å². The van der Waals surface area contributed by atoms with Crippen molar-refractivity contribution in [2.24, 2.45) is 5.84 Å². The molecule has 0 aliphatic carbocycles. The summed E-state index contributed by atoms with van der Waals surface area (Å²) in [6.45, 7) is 4.24. The molecule has 114 valence electrons. The summed E-state index contributed by atoms with van der Waals surface area (Å²) in [7, 11) is 2.18. The first-order valence-electron chi connectivity index (χ1n) is 7.42. The molecule has 0 spiro atoms. The third-order valence-corrected chi connectivity index (χ3v) is 5.27. The normalized spacial score (nSPS) is 19.3. The van der Waals surface area contributed by atoms with E-state index in [1.54, 1.807) is 11.3 Å². The molecule has 3 heterocycles. The molecule has 1 fully saturated rings. The van der Waals surface area contributed by atoms with Gasteiger partial charge in [0.25, 0.3) is 0 Å². The number of nitrogens with two attached hydrogens (primary N) is 1. The highest BCUT2D eigenvalue weighted by atomic mass is 32.1. The van der Waals surface area contributed by atoms with Crippen molar-refractivity contribution >= 4 is 33.3 Å². The van der Waals surface area contributed by atoms with E-state index in [9.17, 15) is 0 Å². The Labute approximate surface area is 128 Å². The van der Waals surface area contributed by atoms with Gasteiger partial charge in [0.15, 0.2) is 0 Å². The molecule has 3 rings (SSSR count). The number of rotatable bonds is 5. The minimum atomic E-state index is 0.467. The van der Waals surface area contributed by atoms with Gasteiger partial charge in [0.1, 0.15) is 10.6 Å². The molecule has 6 nitrogen and oxygen atoms in total. The van der Waals surface area contributed by atoms with Crippen LogP contribution >= 0.6 is 11.3 Å². The molecule has 0 aromatic carbocycles. The lowest BCUT2D eigenvalue weighted by Gasteiger charge is -2.20. The van der Waals surface area contributed by atoms with E-state index in [1.165, 1.54) is 24.3 Å². The maximum absolute atomic E-state index is 5.48. The van der Waals surface area contributed by atoms with Crippen molar-refractivity contribution in [2.45, 2.75) is 32.2 Å². The summed E-state index contributed by atoms with van der Waals surface area (Å²) >= 11 is 1.70. The number of aryl methyl sites for hydroxylation is 1. The van der Waals surface area contributed by atoms with E-state index in [0.717, 1.165) is 29.0 Å². The first-order chi connectivity index (χ1) is 10.2. The number of hydrogen-bond donors (Lipinski definition) is 3. The number of hydrazine groups is 1. The third kappa shape index (κ3) is 2.95. The van der Waals surface area contributed by atoms with Crippen molar-refractivity contribution in [3.05, 3.63) is 10.9 Å². The fraction of sp³-hybridized carbons (Fsp3) is 0.571. The van der Waals surface area contributed by atoms with Gasteiger partial charge >= 0.3 is 0 Å². The van der Waals surface area contributed by atoms with Gasteiger partial charge in [-0.2, -0.15) is 4.98 Å². The van der Waals surface area contributed by atoms with Crippen LogP contribution in [-0.4, -0.2) is 41.0 Å². The zero-order chi connectivity index (χ0) is 14.8. The Balaban J connectivity index is 1.86. The first-order valence-corrected chi connectivity index (χ1v) is 8.24. The van der Waals surface area contributed by atoms with Crippen LogP contribution in [0, 0.1) is 0 Å². The smallest absolute Gasteiger partial charge is 0.240 e. The number of anilines is 2. The van der Waals surface area contributed by atoms with Crippen LogP contribution < -0.4 is 16.6 Å². The predicted molar refractivity (Wildman–Crippen MR) is 88.7 cm³/mol. The molecule has 1 aliphatic heterocycles. The molecule has 1 unspecified atom stereocenters. The van der Waals surface area contributed by atoms with Crippen molar-refractivity contribution in [2.75, 3.05) is 30.9 Å². The fourth-order valence-electron chi connectivity index (χ4n) is 2.80. The van der Waals surface area contributed by atoms with Crippen LogP contribution in [0.15, 0.2) is 6.07 Å². The molecule has 1 saturated heterocycles. The Kier molecular flexibility index (Phi) is 4.23. The minimum absolute atomic E-state index is 0.467. The minimum Gasteiger partial charge on any atom is -0.368 e. The second-order valence-corrected chi connectivity index (χ2v) is 6.60. The van der Waals surface area contributed by atoms with Crippen molar-refractivity contribution in [1.82, 2.24) is 14.9 Å². The summed E-state index contributed by atoms with van der Waals surface area (Å²) in [6, 6.07) is 2.76. The number of hydrogen-bond acceptors (Lipinski definition) is 7. The van der Waals surface area contributed by atoms with Gasteiger partial charge in [-0.15, -0.1) is 11.3 Å². The van der Waals surface area contributed by atoms with Crippen molar-refractivity contribution in [3.8, 4) is 0 Å². The Morgan fingerprint density at radius 2 is 2.33 bits per heavy atom. The van der Waals surface area contributed by atoms with Crippen LogP contribution in [0.1, 0.15) is 24.6 Å². The zero-order valence-corrected chi connectivity index (χ0v) is 13.3. The molecule has 0 radical (unpaired) electrons. The van der Waals surface area contributed by atoms with Crippen LogP contribution in [0.4, 0.5) is 11.8 Å². The highest BCUT2D eigenvalue weighted by Crippen LogP contribution is 2.30. The lowest BCUT2D eigenvalue weighted by Crippen LogP contribution is -2.31. The molecule has 1 aliphatic rings. The average Bonchev–Trinajstić information content (AvgIpc) is 3.10. The summed E-state index contributed by atoms with van der Waals surface area (Å²) < 4.78 is 0. The largest absolute Gasteiger partial charge is 0.368 e. The number of aromatic nitrogens is 2. The first kappa shape index (κ1) is 14.5. The predicted octanol–water partition coefficient (Wildman–Crippen LogP) is 2.05. The quantitative estimate of drug-likeness (QED) is 0.579. The Morgan fingerprint density at radius 1 is 1.48 bits per heavy atom. The van der Waals surface area contributed by atoms with E-state index in [-0.39, 0.29) is 0 Å². The summed E-state index contributed by atoms with van der Waals surface area (Å²) in [5, 5.41) is 4.58. The second-order valence-electron chi connectivity index (χ2n) is 5.48. The van der Waals surface area contributed by atoms with Crippen molar-refractivity contribution < 1.29 is 0 Å². The van der Waals surface area contributed by atoms with Crippen LogP contribution in [0.3, 0.4) is 0 Å². The number of likely N-dealkylation sites (tertiary alicyclic amines) is 1. The number of fused-ring (bicyclic) bond motifs is 1. The SMILES string of the molecule is CCc1cc2c(NCC3CCCN3C)nc(NN)nc2s1. The van der Waals surface area contributed by atoms with E-state index in [1.807, 2.05) is 0 Å². The van der Waals surface area contributed by atoms with Crippen molar-refractivity contribution in [3.63, 3.8) is 0 Å². The number of likely N-dealkylation sites (N-methyl/N-ethyl adjacent to an activating group) is 1. The summed E-state index contributed by atoms with van der Waals surface area (Å²) in [5.41, 5.74) is 2.56. The van der Waals surface area contributed by atoms with Gasteiger partial charge in [-0.3, -0.25) is 5.43 Å². The molecule has 4 N–H and O–H groups in total. The maximum atomic E-state index is 5.48. The van der Waals surface area contributed by atoms with Gasteiger partial charge in [0.05, 0.1) is 5.39 Å². The van der Waals surface area contributed by atoms with E-state index < -0.39 is 0 Å². The molecule has 21 heavy (non-hydrogen) atoms. The molecule has 7 heteroatoms. The molecule has 0 bridgehead atoms. The van der Waals surface area contributed by atoms with E-state index in [2.05, 4.69) is 45.6 Å². The number of nitrogens with one attached hydrogen (secondary N) is 2. The zero-order valence-electron chi connectivity index (χ0n) is 12.5. The molecule has 0 saturated carbocycles. The molecule has 0 amide bonds. The van der Waals surface area contributed by atoms with Crippen LogP contribution in [0.5, 0.6) is 0 Å². The van der Waals surface area contributed by atoms with Crippen LogP contribution in [-0.2, 0) is 6.42 Å². The standard InChI is InChI=1S/C14H22N6S/c1-3-10-7-11-12(16-8-9-5-4-6-20(9)2)17-14(19-15)18-13(11)21-10/h7,9H,3-6,8,15H2,1-2H3,(H2,16,17,18,19). The second kappa shape index (κ2) is 6.13. The Hall–Kier alpha value is -1.44. The maximum Gasteiger partial charge on any atom is 0.240 e. The number of nitrogen functional groups attached to an aromatic ring is 1. The number of nitrogens with zero attached hydrogens (tertiary/aromatic N) is 3. The summed E-state index contributed by atoms with van der Waals surface area (Å²) in [6.07, 6.45) is 3.52. The summed E-state index contributed by atoms with van der Waals surface area (Å²) in [4.78, 5) is 13.6. The lowest BCUT2D eigenvalue weighted by molar-refractivity contribution is 0.322. The molecular weight excluding hydrogens is 284 g/mol. The Morgan fingerprint density at radius 3 is 3.00 bits per heavy atom. The van der Waals surface area contributed by atoms with Crippen molar-refractivity contribution in [1.29, 1.82) is 0 Å². The van der Waals surface area contributed by atoms with Gasteiger partial charge in [0.2, 0.25) is 5.95 Å². The monoisotopic (exact) mass is 306 g/mol. The Bertz CT molecular complexity index is 625. The summed E-state index contributed by atoms with van der Waals surface area (Å²) in [5.74, 6) is 6.83. The van der Waals surface area contributed by atoms with Gasteiger partial charge < -0.3 is 10.2 Å². The van der Waals surface area contributed by atoms with Crippen LogP contribution in [0.2, 0.25) is 0 Å². The van der Waals surface area contributed by atoms with Gasteiger partial charge in [-0.25, -0.2) is 10.8 Å². The van der Waals surface area contributed by atoms with Gasteiger partial charge in [-0.05, 0) is 38.9 Å². The lowest BCUT2D eigenvalue weighted by atomic mass is 10.2. The van der Waals surface area contributed by atoms with Gasteiger partial charge in [-0.1, -0.05) is 6.92 Å². The highest BCUT2D eigenvalue weighted by molar-refractivity contribution is 7.18. The molecule has 2 aromatic rings. The molecular formula is C14H22N6S. The third-order valence-electron chi connectivity index (χ3n) is 4.10. The van der Waals surface area contributed by atoms with E-state index in [0.29, 0.717) is 12.0 Å². The van der Waals surface area contributed by atoms with E-state index >= 15 is 0 Å². The van der Waals surface area contributed by atoms with Gasteiger partial charge in [0, 0.05) is 17.5 Å². The number of thiophene rings is 1.